The Labute approximate surface area is 195 Å². The number of carbonyl (C=O) groups is 2. The summed E-state index contributed by atoms with van der Waals surface area (Å²) < 4.78 is 6.20. The zero-order valence-electron chi connectivity index (χ0n) is 15.0. The number of hydrazone groups is 1. The Morgan fingerprint density at radius 1 is 0.900 bits per heavy atom. The topological polar surface area (TPSA) is 67.8 Å². The molecule has 30 heavy (non-hydrogen) atoms. The van der Waals surface area contributed by atoms with Crippen LogP contribution in [0.2, 0.25) is 15.1 Å². The van der Waals surface area contributed by atoms with Gasteiger partial charge >= 0.3 is 5.97 Å². The van der Waals surface area contributed by atoms with E-state index in [-0.39, 0.29) is 10.8 Å². The van der Waals surface area contributed by atoms with Crippen LogP contribution in [0, 0.1) is 0 Å². The molecule has 0 heterocycles. The molecule has 1 N–H and O–H groups in total. The van der Waals surface area contributed by atoms with Gasteiger partial charge in [-0.15, -0.1) is 0 Å². The maximum atomic E-state index is 12.4. The van der Waals surface area contributed by atoms with Crippen molar-refractivity contribution < 1.29 is 14.3 Å². The number of carbonyl (C=O) groups excluding carboxylic acids is 2. The second-order valence-electron chi connectivity index (χ2n) is 5.91. The second kappa shape index (κ2) is 10.1. The largest absolute Gasteiger partial charge is 0.422 e. The van der Waals surface area contributed by atoms with Gasteiger partial charge in [-0.1, -0.05) is 50.7 Å². The average Bonchev–Trinajstić information content (AvgIpc) is 2.72. The van der Waals surface area contributed by atoms with Gasteiger partial charge in [0.1, 0.15) is 5.75 Å². The first kappa shape index (κ1) is 22.3. The fourth-order valence-electron chi connectivity index (χ4n) is 2.32. The Morgan fingerprint density at radius 2 is 1.60 bits per heavy atom. The minimum Gasteiger partial charge on any atom is -0.422 e. The first-order valence-electron chi connectivity index (χ1n) is 8.39. The van der Waals surface area contributed by atoms with E-state index >= 15 is 0 Å². The van der Waals surface area contributed by atoms with Crippen molar-refractivity contribution in [2.45, 2.75) is 0 Å². The van der Waals surface area contributed by atoms with Crippen LogP contribution in [-0.2, 0) is 0 Å². The molecule has 1 amide bonds. The standard InChI is InChI=1S/C21H12BrCl3N2O3/c22-15-4-8-19(30-21(29)12-1-5-16(23)6-2-12)14(9-15)11-26-27-20(28)13-3-7-17(24)18(25)10-13/h1-11H,(H,27,28)/b26-11-. The highest BCUT2D eigenvalue weighted by atomic mass is 79.9. The van der Waals surface area contributed by atoms with Crippen molar-refractivity contribution in [3.8, 4) is 5.75 Å². The number of hydrogen-bond donors (Lipinski definition) is 1. The predicted molar refractivity (Wildman–Crippen MR) is 122 cm³/mol. The van der Waals surface area contributed by atoms with Gasteiger partial charge in [0, 0.05) is 20.6 Å². The van der Waals surface area contributed by atoms with Crippen molar-refractivity contribution in [2.24, 2.45) is 5.10 Å². The summed E-state index contributed by atoms with van der Waals surface area (Å²) in [5.41, 5.74) is 3.51. The van der Waals surface area contributed by atoms with Crippen molar-refractivity contribution >= 4 is 68.8 Å². The summed E-state index contributed by atoms with van der Waals surface area (Å²) in [5, 5.41) is 5.05. The van der Waals surface area contributed by atoms with Crippen LogP contribution >= 0.6 is 50.7 Å². The molecule has 9 heteroatoms. The van der Waals surface area contributed by atoms with Gasteiger partial charge in [-0.25, -0.2) is 10.2 Å². The number of esters is 1. The summed E-state index contributed by atoms with van der Waals surface area (Å²) in [6.07, 6.45) is 1.37. The van der Waals surface area contributed by atoms with Crippen LogP contribution in [0.15, 0.2) is 70.2 Å². The van der Waals surface area contributed by atoms with E-state index in [9.17, 15) is 9.59 Å². The quantitative estimate of drug-likeness (QED) is 0.181. The summed E-state index contributed by atoms with van der Waals surface area (Å²) in [6, 6.07) is 15.8. The van der Waals surface area contributed by atoms with Crippen LogP contribution in [0.3, 0.4) is 0 Å². The fraction of sp³-hybridized carbons (Fsp3) is 0. The van der Waals surface area contributed by atoms with Crippen LogP contribution in [0.25, 0.3) is 0 Å². The molecule has 3 aromatic carbocycles. The molecule has 0 atom stereocenters. The summed E-state index contributed by atoms with van der Waals surface area (Å²) >= 11 is 21.0. The zero-order chi connectivity index (χ0) is 21.7. The maximum absolute atomic E-state index is 12.4. The molecule has 0 spiro atoms. The van der Waals surface area contributed by atoms with Gasteiger partial charge in [0.05, 0.1) is 21.8 Å². The molecule has 3 rings (SSSR count). The highest BCUT2D eigenvalue weighted by Crippen LogP contribution is 2.24. The maximum Gasteiger partial charge on any atom is 0.343 e. The van der Waals surface area contributed by atoms with Crippen molar-refractivity contribution in [3.05, 3.63) is 96.9 Å². The molecule has 0 unspecified atom stereocenters. The van der Waals surface area contributed by atoms with Crippen LogP contribution < -0.4 is 10.2 Å². The van der Waals surface area contributed by atoms with E-state index in [4.69, 9.17) is 39.5 Å². The first-order valence-corrected chi connectivity index (χ1v) is 10.3. The number of nitrogens with one attached hydrogen (secondary N) is 1. The van der Waals surface area contributed by atoms with E-state index in [1.54, 1.807) is 42.5 Å². The van der Waals surface area contributed by atoms with Gasteiger partial charge in [-0.2, -0.15) is 5.10 Å². The normalized spacial score (nSPS) is 10.8. The van der Waals surface area contributed by atoms with Gasteiger partial charge in [-0.05, 0) is 60.7 Å². The van der Waals surface area contributed by atoms with E-state index in [1.807, 2.05) is 0 Å². The first-order chi connectivity index (χ1) is 14.3. The number of amides is 1. The minimum absolute atomic E-state index is 0.261. The number of ether oxygens (including phenoxy) is 1. The Morgan fingerprint density at radius 3 is 2.30 bits per heavy atom. The molecule has 0 radical (unpaired) electrons. The second-order valence-corrected chi connectivity index (χ2v) is 8.07. The Kier molecular flexibility index (Phi) is 7.50. The number of rotatable bonds is 5. The van der Waals surface area contributed by atoms with Crippen LogP contribution in [0.4, 0.5) is 0 Å². The lowest BCUT2D eigenvalue weighted by atomic mass is 10.2. The predicted octanol–water partition coefficient (Wildman–Crippen LogP) is 6.39. The lowest BCUT2D eigenvalue weighted by Crippen LogP contribution is -2.17. The van der Waals surface area contributed by atoms with Gasteiger partial charge in [0.15, 0.2) is 0 Å². The van der Waals surface area contributed by atoms with Crippen molar-refractivity contribution in [1.82, 2.24) is 5.43 Å². The van der Waals surface area contributed by atoms with Gasteiger partial charge in [0.2, 0.25) is 0 Å². The molecule has 0 bridgehead atoms. The lowest BCUT2D eigenvalue weighted by molar-refractivity contribution is 0.0734. The van der Waals surface area contributed by atoms with Crippen molar-refractivity contribution in [1.29, 1.82) is 0 Å². The molecular formula is C21H12BrCl3N2O3. The van der Waals surface area contributed by atoms with Gasteiger partial charge in [0.25, 0.3) is 5.91 Å². The number of hydrogen-bond acceptors (Lipinski definition) is 4. The highest BCUT2D eigenvalue weighted by Gasteiger charge is 2.12. The molecule has 0 fully saturated rings. The number of benzene rings is 3. The molecule has 0 aliphatic heterocycles. The van der Waals surface area contributed by atoms with E-state index in [1.165, 1.54) is 24.4 Å². The van der Waals surface area contributed by atoms with Crippen molar-refractivity contribution in [3.63, 3.8) is 0 Å². The van der Waals surface area contributed by atoms with Crippen LogP contribution in [0.5, 0.6) is 5.75 Å². The zero-order valence-corrected chi connectivity index (χ0v) is 18.9. The lowest BCUT2D eigenvalue weighted by Gasteiger charge is -2.08. The Hall–Kier alpha value is -2.38. The summed E-state index contributed by atoms with van der Waals surface area (Å²) in [5.74, 6) is -0.756. The molecule has 3 aromatic rings. The van der Waals surface area contributed by atoms with Crippen LogP contribution in [-0.4, -0.2) is 18.1 Å². The molecule has 152 valence electrons. The number of halogens is 4. The Bertz CT molecular complexity index is 1130. The van der Waals surface area contributed by atoms with Crippen molar-refractivity contribution in [2.75, 3.05) is 0 Å². The van der Waals surface area contributed by atoms with Gasteiger partial charge in [-0.3, -0.25) is 4.79 Å². The average molecular weight is 527 g/mol. The van der Waals surface area contributed by atoms with E-state index in [0.29, 0.717) is 26.7 Å². The molecule has 0 aromatic heterocycles. The fourth-order valence-corrected chi connectivity index (χ4v) is 3.12. The third kappa shape index (κ3) is 5.83. The summed E-state index contributed by atoms with van der Waals surface area (Å²) in [4.78, 5) is 24.6. The van der Waals surface area contributed by atoms with Crippen LogP contribution in [0.1, 0.15) is 26.3 Å². The third-order valence-electron chi connectivity index (χ3n) is 3.81. The van der Waals surface area contributed by atoms with E-state index in [0.717, 1.165) is 4.47 Å². The molecule has 5 nitrogen and oxygen atoms in total. The third-order valence-corrected chi connectivity index (χ3v) is 5.29. The molecule has 0 saturated carbocycles. The summed E-state index contributed by atoms with van der Waals surface area (Å²) in [7, 11) is 0. The monoisotopic (exact) mass is 524 g/mol. The SMILES string of the molecule is O=C(N/N=C\c1cc(Br)ccc1OC(=O)c1ccc(Cl)cc1)c1ccc(Cl)c(Cl)c1. The molecule has 0 saturated heterocycles. The van der Waals surface area contributed by atoms with E-state index < -0.39 is 11.9 Å². The minimum atomic E-state index is -0.552. The molecule has 0 aliphatic rings. The number of nitrogens with zero attached hydrogens (tertiary/aromatic N) is 1. The smallest absolute Gasteiger partial charge is 0.343 e. The van der Waals surface area contributed by atoms with Gasteiger partial charge < -0.3 is 4.74 Å². The summed E-state index contributed by atoms with van der Waals surface area (Å²) in [6.45, 7) is 0. The Balaban J connectivity index is 1.74. The molecular weight excluding hydrogens is 515 g/mol. The molecule has 0 aliphatic carbocycles. The van der Waals surface area contributed by atoms with E-state index in [2.05, 4.69) is 26.5 Å². The highest BCUT2D eigenvalue weighted by molar-refractivity contribution is 9.10.